The summed E-state index contributed by atoms with van der Waals surface area (Å²) >= 11 is 0. The van der Waals surface area contributed by atoms with Crippen molar-refractivity contribution in [2.45, 2.75) is 113 Å². The molecule has 0 aromatic heterocycles. The number of hydrogen-bond acceptors (Lipinski definition) is 0. The van der Waals surface area contributed by atoms with Gasteiger partial charge in [0.25, 0.3) is 0 Å². The van der Waals surface area contributed by atoms with Crippen LogP contribution in [-0.4, -0.2) is 0 Å². The number of rotatable bonds is 8. The minimum atomic E-state index is 0.601. The standard InChI is InChI=1S/C29H52/c1-9-24-23(16-19(4)22-12-11-18(3)15-22)17-27(24)26-14-13-25(26)20(5)29(8)21(6)28(29,7)10-2/h18-27H,9-17H2,1-8H3. The van der Waals surface area contributed by atoms with Crippen LogP contribution in [0.25, 0.3) is 0 Å². The van der Waals surface area contributed by atoms with Crippen molar-refractivity contribution in [1.82, 2.24) is 0 Å². The first-order valence-electron chi connectivity index (χ1n) is 13.7. The van der Waals surface area contributed by atoms with E-state index in [9.17, 15) is 0 Å². The quantitative estimate of drug-likeness (QED) is 0.381. The molecule has 4 saturated carbocycles. The molecule has 4 aliphatic rings. The molecular formula is C29H52. The molecule has 168 valence electrons. The highest BCUT2D eigenvalue weighted by Gasteiger charge is 2.70. The van der Waals surface area contributed by atoms with Gasteiger partial charge in [-0.2, -0.15) is 0 Å². The van der Waals surface area contributed by atoms with E-state index in [4.69, 9.17) is 0 Å². The Bertz CT molecular complexity index is 579. The normalized spacial score (nSPS) is 53.8. The van der Waals surface area contributed by atoms with Crippen LogP contribution >= 0.6 is 0 Å². The van der Waals surface area contributed by atoms with E-state index in [2.05, 4.69) is 55.4 Å². The van der Waals surface area contributed by atoms with E-state index in [-0.39, 0.29) is 0 Å². The lowest BCUT2D eigenvalue weighted by molar-refractivity contribution is -0.0795. The summed E-state index contributed by atoms with van der Waals surface area (Å²) in [6, 6.07) is 0. The smallest absolute Gasteiger partial charge is 0.0210 e. The van der Waals surface area contributed by atoms with Crippen molar-refractivity contribution in [3.8, 4) is 0 Å². The van der Waals surface area contributed by atoms with Gasteiger partial charge in [0, 0.05) is 0 Å². The predicted molar refractivity (Wildman–Crippen MR) is 127 cm³/mol. The Hall–Kier alpha value is 0. The fraction of sp³-hybridized carbons (Fsp3) is 1.00. The van der Waals surface area contributed by atoms with E-state index in [0.29, 0.717) is 10.8 Å². The maximum atomic E-state index is 2.65. The van der Waals surface area contributed by atoms with E-state index >= 15 is 0 Å². The van der Waals surface area contributed by atoms with Crippen LogP contribution < -0.4 is 0 Å². The van der Waals surface area contributed by atoms with Gasteiger partial charge in [-0.1, -0.05) is 68.2 Å². The molecule has 0 aliphatic heterocycles. The van der Waals surface area contributed by atoms with Crippen LogP contribution in [-0.2, 0) is 0 Å². The molecule has 0 bridgehead atoms. The Kier molecular flexibility index (Phi) is 6.01. The zero-order chi connectivity index (χ0) is 21.1. The monoisotopic (exact) mass is 400 g/mol. The zero-order valence-electron chi connectivity index (χ0n) is 21.1. The maximum absolute atomic E-state index is 2.65. The molecule has 0 spiro atoms. The average molecular weight is 401 g/mol. The van der Waals surface area contributed by atoms with Gasteiger partial charge >= 0.3 is 0 Å². The lowest BCUT2D eigenvalue weighted by atomic mass is 9.48. The summed E-state index contributed by atoms with van der Waals surface area (Å²) in [5.41, 5.74) is 1.20. The third kappa shape index (κ3) is 3.28. The molecule has 0 heteroatoms. The first kappa shape index (κ1) is 22.2. The molecular weight excluding hydrogens is 348 g/mol. The highest BCUT2D eigenvalue weighted by molar-refractivity contribution is 5.18. The summed E-state index contributed by atoms with van der Waals surface area (Å²) < 4.78 is 0. The molecule has 4 rings (SSSR count). The fourth-order valence-electron chi connectivity index (χ4n) is 9.62. The van der Waals surface area contributed by atoms with Crippen molar-refractivity contribution in [3.63, 3.8) is 0 Å². The summed E-state index contributed by atoms with van der Waals surface area (Å²) in [5.74, 6) is 10.2. The van der Waals surface area contributed by atoms with Crippen LogP contribution in [0.15, 0.2) is 0 Å². The number of hydrogen-bond donors (Lipinski definition) is 0. The molecule has 12 unspecified atom stereocenters. The van der Waals surface area contributed by atoms with Gasteiger partial charge in [-0.05, 0) is 115 Å². The molecule has 0 heterocycles. The Morgan fingerprint density at radius 1 is 0.897 bits per heavy atom. The minimum Gasteiger partial charge on any atom is -0.0651 e. The lowest BCUT2D eigenvalue weighted by Gasteiger charge is -2.57. The van der Waals surface area contributed by atoms with Crippen molar-refractivity contribution in [1.29, 1.82) is 0 Å². The van der Waals surface area contributed by atoms with E-state index < -0.39 is 0 Å². The Morgan fingerprint density at radius 3 is 2.10 bits per heavy atom. The second-order valence-corrected chi connectivity index (χ2v) is 13.1. The van der Waals surface area contributed by atoms with Crippen LogP contribution in [0, 0.1) is 70.0 Å². The van der Waals surface area contributed by atoms with Crippen LogP contribution in [0.2, 0.25) is 0 Å². The van der Waals surface area contributed by atoms with Gasteiger partial charge in [0.1, 0.15) is 0 Å². The van der Waals surface area contributed by atoms with E-state index in [0.717, 1.165) is 59.2 Å². The van der Waals surface area contributed by atoms with Crippen molar-refractivity contribution >= 4 is 0 Å². The summed E-state index contributed by atoms with van der Waals surface area (Å²) in [5, 5.41) is 0. The van der Waals surface area contributed by atoms with Crippen molar-refractivity contribution < 1.29 is 0 Å². The van der Waals surface area contributed by atoms with E-state index in [1.165, 1.54) is 38.5 Å². The molecule has 0 saturated heterocycles. The van der Waals surface area contributed by atoms with Gasteiger partial charge in [-0.25, -0.2) is 0 Å². The molecule has 0 N–H and O–H groups in total. The Morgan fingerprint density at radius 2 is 1.62 bits per heavy atom. The molecule has 4 fully saturated rings. The fourth-order valence-corrected chi connectivity index (χ4v) is 9.62. The van der Waals surface area contributed by atoms with Gasteiger partial charge in [0.05, 0.1) is 0 Å². The van der Waals surface area contributed by atoms with E-state index in [1.54, 1.807) is 19.3 Å². The second kappa shape index (κ2) is 7.85. The Labute approximate surface area is 183 Å². The summed E-state index contributed by atoms with van der Waals surface area (Å²) in [6.45, 7) is 20.4. The van der Waals surface area contributed by atoms with Gasteiger partial charge in [0.2, 0.25) is 0 Å². The van der Waals surface area contributed by atoms with Gasteiger partial charge in [-0.3, -0.25) is 0 Å². The highest BCUT2D eigenvalue weighted by Crippen LogP contribution is 2.76. The van der Waals surface area contributed by atoms with Gasteiger partial charge in [0.15, 0.2) is 0 Å². The summed E-state index contributed by atoms with van der Waals surface area (Å²) in [7, 11) is 0. The molecule has 0 aromatic carbocycles. The molecule has 12 atom stereocenters. The average Bonchev–Trinajstić information content (AvgIpc) is 2.96. The Balaban J connectivity index is 1.34. The van der Waals surface area contributed by atoms with Crippen LogP contribution in [0.3, 0.4) is 0 Å². The van der Waals surface area contributed by atoms with Crippen molar-refractivity contribution in [3.05, 3.63) is 0 Å². The first-order chi connectivity index (χ1) is 13.7. The van der Waals surface area contributed by atoms with Crippen LogP contribution in [0.1, 0.15) is 113 Å². The third-order valence-electron chi connectivity index (χ3n) is 12.7. The van der Waals surface area contributed by atoms with Gasteiger partial charge in [-0.15, -0.1) is 0 Å². The molecule has 29 heavy (non-hydrogen) atoms. The minimum absolute atomic E-state index is 0.601. The lowest BCUT2D eigenvalue weighted by Crippen LogP contribution is -2.49. The molecule has 0 aromatic rings. The zero-order valence-corrected chi connectivity index (χ0v) is 21.1. The first-order valence-corrected chi connectivity index (χ1v) is 13.7. The van der Waals surface area contributed by atoms with Crippen molar-refractivity contribution in [2.75, 3.05) is 0 Å². The maximum Gasteiger partial charge on any atom is -0.0210 e. The molecule has 4 aliphatic carbocycles. The summed E-state index contributed by atoms with van der Waals surface area (Å²) in [6.07, 6.45) is 13.5. The predicted octanol–water partition coefficient (Wildman–Crippen LogP) is 8.85. The molecule has 0 radical (unpaired) electrons. The topological polar surface area (TPSA) is 0 Å². The SMILES string of the molecule is CCC1C(CC(C)C2CCC(C)C2)CC1C1CCC1C(C)C1(C)C(C)C1(C)CC. The highest BCUT2D eigenvalue weighted by atomic mass is 14.7. The molecule has 0 nitrogen and oxygen atoms in total. The second-order valence-electron chi connectivity index (χ2n) is 13.1. The summed E-state index contributed by atoms with van der Waals surface area (Å²) in [4.78, 5) is 0. The van der Waals surface area contributed by atoms with Crippen molar-refractivity contribution in [2.24, 2.45) is 70.0 Å². The largest absolute Gasteiger partial charge is 0.0651 e. The third-order valence-corrected chi connectivity index (χ3v) is 12.7. The van der Waals surface area contributed by atoms with Crippen LogP contribution in [0.5, 0.6) is 0 Å². The van der Waals surface area contributed by atoms with Crippen LogP contribution in [0.4, 0.5) is 0 Å². The van der Waals surface area contributed by atoms with E-state index in [1.807, 2.05) is 0 Å². The van der Waals surface area contributed by atoms with Gasteiger partial charge < -0.3 is 0 Å². The molecule has 0 amide bonds.